The van der Waals surface area contributed by atoms with Gasteiger partial charge in [0.15, 0.2) is 17.4 Å². The molecule has 0 unspecified atom stereocenters. The fraction of sp³-hybridized carbons (Fsp3) is 0.0625. The molecule has 0 spiro atoms. The zero-order chi connectivity index (χ0) is 17.3. The molecule has 3 rings (SSSR count). The molecule has 5 nitrogen and oxygen atoms in total. The van der Waals surface area contributed by atoms with E-state index in [4.69, 9.17) is 19.4 Å². The van der Waals surface area contributed by atoms with E-state index in [1.54, 1.807) is 24.3 Å². The molecule has 0 amide bonds. The Kier molecular flexibility index (Phi) is 4.33. The molecule has 8 heteroatoms. The van der Waals surface area contributed by atoms with Gasteiger partial charge >= 0.3 is 7.32 Å². The zero-order valence-electron chi connectivity index (χ0n) is 12.5. The lowest BCUT2D eigenvalue weighted by Crippen LogP contribution is -2.21. The summed E-state index contributed by atoms with van der Waals surface area (Å²) in [7, 11) is -2.08. The second-order valence-electron chi connectivity index (χ2n) is 5.02. The van der Waals surface area contributed by atoms with Gasteiger partial charge in [-0.3, -0.25) is 0 Å². The van der Waals surface area contributed by atoms with Gasteiger partial charge in [0.1, 0.15) is 5.75 Å². The number of nitrogens with zero attached hydrogens (tertiary/aromatic N) is 1. The van der Waals surface area contributed by atoms with Crippen LogP contribution in [0.25, 0.3) is 10.9 Å². The molecule has 2 N–H and O–H groups in total. The maximum atomic E-state index is 13.7. The van der Waals surface area contributed by atoms with Crippen molar-refractivity contribution in [1.29, 1.82) is 0 Å². The second-order valence-corrected chi connectivity index (χ2v) is 5.02. The predicted molar refractivity (Wildman–Crippen MR) is 83.7 cm³/mol. The number of benzene rings is 2. The van der Waals surface area contributed by atoms with Crippen LogP contribution in [0, 0.1) is 18.6 Å². The van der Waals surface area contributed by atoms with E-state index in [9.17, 15) is 8.78 Å². The topological polar surface area (TPSA) is 71.8 Å². The molecule has 0 aliphatic carbocycles. The molecule has 0 bridgehead atoms. The molecule has 0 saturated heterocycles. The van der Waals surface area contributed by atoms with Crippen LogP contribution in [0.2, 0.25) is 0 Å². The number of ether oxygens (including phenoxy) is 1. The summed E-state index contributed by atoms with van der Waals surface area (Å²) >= 11 is 0. The zero-order valence-corrected chi connectivity index (χ0v) is 12.5. The van der Waals surface area contributed by atoms with E-state index in [1.165, 1.54) is 19.1 Å². The molecule has 0 aliphatic heterocycles. The number of pyridine rings is 1. The molecular weight excluding hydrogens is 319 g/mol. The van der Waals surface area contributed by atoms with Crippen LogP contribution in [-0.2, 0) is 0 Å². The molecule has 3 aromatic rings. The SMILES string of the molecule is Cc1c(Oc2nc3ccccc3cc2OB(O)O)ccc(F)c1F. The van der Waals surface area contributed by atoms with Crippen molar-refractivity contribution in [3.05, 3.63) is 59.7 Å². The first-order chi connectivity index (χ1) is 11.5. The Morgan fingerprint density at radius 1 is 1.04 bits per heavy atom. The van der Waals surface area contributed by atoms with Crippen molar-refractivity contribution in [1.82, 2.24) is 4.98 Å². The van der Waals surface area contributed by atoms with Crippen LogP contribution >= 0.6 is 0 Å². The lowest BCUT2D eigenvalue weighted by Gasteiger charge is -2.14. The number of hydrogen-bond donors (Lipinski definition) is 2. The largest absolute Gasteiger partial charge is 0.707 e. The monoisotopic (exact) mass is 331 g/mol. The van der Waals surface area contributed by atoms with Gasteiger partial charge in [0, 0.05) is 10.9 Å². The lowest BCUT2D eigenvalue weighted by molar-refractivity contribution is 0.281. The molecule has 0 atom stereocenters. The Balaban J connectivity index is 2.08. The summed E-state index contributed by atoms with van der Waals surface area (Å²) in [6.07, 6.45) is 0. The fourth-order valence-electron chi connectivity index (χ4n) is 2.20. The van der Waals surface area contributed by atoms with Crippen molar-refractivity contribution in [3.8, 4) is 17.4 Å². The third-order valence-corrected chi connectivity index (χ3v) is 3.38. The Morgan fingerprint density at radius 2 is 1.79 bits per heavy atom. The first kappa shape index (κ1) is 16.2. The molecule has 1 aromatic heterocycles. The first-order valence-corrected chi connectivity index (χ1v) is 7.01. The summed E-state index contributed by atoms with van der Waals surface area (Å²) in [5.74, 6) is -2.13. The summed E-state index contributed by atoms with van der Waals surface area (Å²) in [6.45, 7) is 1.36. The van der Waals surface area contributed by atoms with Crippen molar-refractivity contribution in [2.75, 3.05) is 0 Å². The van der Waals surface area contributed by atoms with Gasteiger partial charge in [0.25, 0.3) is 5.88 Å². The minimum absolute atomic E-state index is 0.0361. The number of hydrogen-bond acceptors (Lipinski definition) is 5. The van der Waals surface area contributed by atoms with E-state index in [0.717, 1.165) is 6.07 Å². The Labute approximate surface area is 136 Å². The van der Waals surface area contributed by atoms with Gasteiger partial charge in [-0.25, -0.2) is 13.8 Å². The maximum absolute atomic E-state index is 13.7. The summed E-state index contributed by atoms with van der Waals surface area (Å²) in [4.78, 5) is 4.23. The second kappa shape index (κ2) is 6.42. The molecule has 0 radical (unpaired) electrons. The van der Waals surface area contributed by atoms with Crippen LogP contribution in [0.15, 0.2) is 42.5 Å². The van der Waals surface area contributed by atoms with Gasteiger partial charge in [-0.2, -0.15) is 0 Å². The van der Waals surface area contributed by atoms with Gasteiger partial charge in [-0.1, -0.05) is 18.2 Å². The van der Waals surface area contributed by atoms with Gasteiger partial charge in [-0.05, 0) is 31.2 Å². The highest BCUT2D eigenvalue weighted by molar-refractivity contribution is 6.33. The molecule has 24 heavy (non-hydrogen) atoms. The molecule has 0 aliphatic rings. The summed E-state index contributed by atoms with van der Waals surface area (Å²) in [5, 5.41) is 18.8. The van der Waals surface area contributed by atoms with Crippen molar-refractivity contribution in [2.45, 2.75) is 6.92 Å². The minimum Gasteiger partial charge on any atom is -0.508 e. The summed E-state index contributed by atoms with van der Waals surface area (Å²) in [5.41, 5.74) is 0.521. The standard InChI is InChI=1S/C16H12BF2NO4/c1-9-13(7-6-11(18)15(9)19)23-16-14(24-17(21)22)8-10-4-2-3-5-12(10)20-16/h2-8,21-22H,1H3. The van der Waals surface area contributed by atoms with E-state index < -0.39 is 19.0 Å². The Bertz CT molecular complexity index is 905. The van der Waals surface area contributed by atoms with E-state index in [2.05, 4.69) is 4.98 Å². The quantitative estimate of drug-likeness (QED) is 0.719. The number of aromatic nitrogens is 1. The predicted octanol–water partition coefficient (Wildman–Crippen LogP) is 2.96. The molecular formula is C16H12BF2NO4. The van der Waals surface area contributed by atoms with Crippen LogP contribution in [0.4, 0.5) is 8.78 Å². The van der Waals surface area contributed by atoms with Crippen molar-refractivity contribution < 1.29 is 28.2 Å². The molecule has 0 saturated carbocycles. The highest BCUT2D eigenvalue weighted by Gasteiger charge is 2.19. The third kappa shape index (κ3) is 3.15. The molecule has 2 aromatic carbocycles. The lowest BCUT2D eigenvalue weighted by atomic mass is 10.2. The van der Waals surface area contributed by atoms with Gasteiger partial charge in [-0.15, -0.1) is 0 Å². The number of fused-ring (bicyclic) bond motifs is 1. The van der Waals surface area contributed by atoms with Gasteiger partial charge in [0.05, 0.1) is 5.52 Å². The van der Waals surface area contributed by atoms with Crippen molar-refractivity contribution in [2.24, 2.45) is 0 Å². The fourth-order valence-corrected chi connectivity index (χ4v) is 2.20. The third-order valence-electron chi connectivity index (χ3n) is 3.38. The van der Waals surface area contributed by atoms with E-state index in [1.807, 2.05) is 0 Å². The summed E-state index contributed by atoms with van der Waals surface area (Å²) in [6, 6.07) is 10.7. The van der Waals surface area contributed by atoms with Crippen LogP contribution in [0.5, 0.6) is 17.4 Å². The van der Waals surface area contributed by atoms with Crippen molar-refractivity contribution in [3.63, 3.8) is 0 Å². The number of para-hydroxylation sites is 1. The van der Waals surface area contributed by atoms with Gasteiger partial charge < -0.3 is 19.4 Å². The normalized spacial score (nSPS) is 10.7. The first-order valence-electron chi connectivity index (χ1n) is 7.01. The minimum atomic E-state index is -2.08. The highest BCUT2D eigenvalue weighted by Crippen LogP contribution is 2.35. The highest BCUT2D eigenvalue weighted by atomic mass is 19.2. The summed E-state index contributed by atoms with van der Waals surface area (Å²) < 4.78 is 37.3. The van der Waals surface area contributed by atoms with Crippen LogP contribution in [-0.4, -0.2) is 22.4 Å². The van der Waals surface area contributed by atoms with Gasteiger partial charge in [0.2, 0.25) is 0 Å². The smallest absolute Gasteiger partial charge is 0.508 e. The number of halogens is 2. The van der Waals surface area contributed by atoms with Crippen molar-refractivity contribution >= 4 is 18.2 Å². The molecule has 0 fully saturated rings. The van der Waals surface area contributed by atoms with Crippen LogP contribution in [0.1, 0.15) is 5.56 Å². The average Bonchev–Trinajstić information content (AvgIpc) is 2.55. The number of rotatable bonds is 4. The molecule has 1 heterocycles. The average molecular weight is 331 g/mol. The van der Waals surface area contributed by atoms with E-state index in [-0.39, 0.29) is 22.9 Å². The van der Waals surface area contributed by atoms with Crippen LogP contribution in [0.3, 0.4) is 0 Å². The van der Waals surface area contributed by atoms with Crippen LogP contribution < -0.4 is 9.39 Å². The van der Waals surface area contributed by atoms with E-state index >= 15 is 0 Å². The van der Waals surface area contributed by atoms with E-state index in [0.29, 0.717) is 10.9 Å². The Hall–Kier alpha value is -2.71. The Morgan fingerprint density at radius 3 is 2.54 bits per heavy atom. The molecule has 122 valence electrons. The maximum Gasteiger partial charge on any atom is 0.707 e.